The Bertz CT molecular complexity index is 890. The number of nitrogens with one attached hydrogen (secondary N) is 1. The van der Waals surface area contributed by atoms with Crippen LogP contribution in [0, 0.1) is 0 Å². The smallest absolute Gasteiger partial charge is 0.338 e. The van der Waals surface area contributed by atoms with Crippen molar-refractivity contribution in [1.82, 2.24) is 5.32 Å². The lowest BCUT2D eigenvalue weighted by Crippen LogP contribution is -2.31. The average Bonchev–Trinajstić information content (AvgIpc) is 2.73. The van der Waals surface area contributed by atoms with Crippen LogP contribution < -0.4 is 5.32 Å². The Morgan fingerprint density at radius 3 is 2.00 bits per heavy atom. The van der Waals surface area contributed by atoms with Gasteiger partial charge in [0.15, 0.2) is 6.61 Å². The van der Waals surface area contributed by atoms with Gasteiger partial charge < -0.3 is 10.1 Å². The minimum Gasteiger partial charge on any atom is -0.452 e. The summed E-state index contributed by atoms with van der Waals surface area (Å²) in [5.41, 5.74) is 3.50. The molecule has 4 heteroatoms. The second kappa shape index (κ2) is 8.81. The maximum atomic E-state index is 12.2. The molecule has 136 valence electrons. The number of carbonyl (C=O) groups excluding carboxylic acids is 2. The first-order chi connectivity index (χ1) is 13.1. The number of ether oxygens (including phenoxy) is 1. The molecule has 0 bridgehead atoms. The Balaban J connectivity index is 1.52. The van der Waals surface area contributed by atoms with Crippen LogP contribution in [0.3, 0.4) is 0 Å². The highest BCUT2D eigenvalue weighted by Crippen LogP contribution is 2.19. The summed E-state index contributed by atoms with van der Waals surface area (Å²) in [6, 6.07) is 26.5. The summed E-state index contributed by atoms with van der Waals surface area (Å²) < 4.78 is 5.12. The van der Waals surface area contributed by atoms with Crippen molar-refractivity contribution in [1.29, 1.82) is 0 Å². The van der Waals surface area contributed by atoms with Crippen LogP contribution in [0.4, 0.5) is 0 Å². The van der Waals surface area contributed by atoms with Gasteiger partial charge in [0.2, 0.25) is 0 Å². The fourth-order valence-electron chi connectivity index (χ4n) is 2.75. The van der Waals surface area contributed by atoms with E-state index in [0.29, 0.717) is 5.56 Å². The monoisotopic (exact) mass is 359 g/mol. The molecule has 0 aliphatic heterocycles. The molecule has 0 radical (unpaired) electrons. The largest absolute Gasteiger partial charge is 0.452 e. The van der Waals surface area contributed by atoms with Gasteiger partial charge in [0.05, 0.1) is 11.6 Å². The second-order valence-corrected chi connectivity index (χ2v) is 6.22. The Kier molecular flexibility index (Phi) is 6.00. The molecular weight excluding hydrogens is 338 g/mol. The van der Waals surface area contributed by atoms with Crippen molar-refractivity contribution in [3.05, 3.63) is 96.1 Å². The van der Waals surface area contributed by atoms with Gasteiger partial charge in [0, 0.05) is 0 Å². The number of rotatable bonds is 6. The van der Waals surface area contributed by atoms with Gasteiger partial charge in [-0.25, -0.2) is 4.79 Å². The second-order valence-electron chi connectivity index (χ2n) is 6.22. The summed E-state index contributed by atoms with van der Waals surface area (Å²) in [5.74, 6) is -0.849. The molecule has 3 rings (SSSR count). The number of carbonyl (C=O) groups is 2. The summed E-state index contributed by atoms with van der Waals surface area (Å²) in [6.45, 7) is 1.58. The third-order valence-corrected chi connectivity index (χ3v) is 4.24. The summed E-state index contributed by atoms with van der Waals surface area (Å²) in [4.78, 5) is 24.2. The molecule has 0 fully saturated rings. The third kappa shape index (κ3) is 5.05. The molecule has 1 atom stereocenters. The Hall–Kier alpha value is -3.40. The van der Waals surface area contributed by atoms with E-state index in [-0.39, 0.29) is 18.6 Å². The molecule has 1 N–H and O–H groups in total. The van der Waals surface area contributed by atoms with Crippen LogP contribution in [0.1, 0.15) is 28.9 Å². The maximum absolute atomic E-state index is 12.2. The van der Waals surface area contributed by atoms with Crippen molar-refractivity contribution < 1.29 is 14.3 Å². The summed E-state index contributed by atoms with van der Waals surface area (Å²) in [6.07, 6.45) is 0. The van der Waals surface area contributed by atoms with E-state index in [1.54, 1.807) is 12.1 Å². The number of esters is 1. The molecule has 0 aliphatic rings. The molecule has 4 nitrogen and oxygen atoms in total. The van der Waals surface area contributed by atoms with Gasteiger partial charge in [0.1, 0.15) is 0 Å². The van der Waals surface area contributed by atoms with E-state index < -0.39 is 5.97 Å². The van der Waals surface area contributed by atoms with Crippen LogP contribution in [0.25, 0.3) is 11.1 Å². The van der Waals surface area contributed by atoms with Gasteiger partial charge in [-0.1, -0.05) is 72.8 Å². The quantitative estimate of drug-likeness (QED) is 0.664. The van der Waals surface area contributed by atoms with Gasteiger partial charge in [-0.3, -0.25) is 4.79 Å². The van der Waals surface area contributed by atoms with Gasteiger partial charge >= 0.3 is 5.97 Å². The zero-order chi connectivity index (χ0) is 19.1. The average molecular weight is 359 g/mol. The summed E-state index contributed by atoms with van der Waals surface area (Å²) in [5, 5.41) is 2.82. The van der Waals surface area contributed by atoms with Crippen LogP contribution in [0.2, 0.25) is 0 Å². The molecule has 3 aromatic rings. The zero-order valence-electron chi connectivity index (χ0n) is 15.1. The minimum atomic E-state index is -0.517. The fourth-order valence-corrected chi connectivity index (χ4v) is 2.75. The van der Waals surface area contributed by atoms with Crippen LogP contribution in [0.15, 0.2) is 84.9 Å². The van der Waals surface area contributed by atoms with Crippen molar-refractivity contribution >= 4 is 11.9 Å². The standard InChI is InChI=1S/C23H21NO3/c1-17(18-8-4-2-5-9-18)24-22(25)16-27-23(26)21-14-12-20(13-15-21)19-10-6-3-7-11-19/h2-15,17H,16H2,1H3,(H,24,25)/t17-/m0/s1. The van der Waals surface area contributed by atoms with Crippen LogP contribution in [-0.4, -0.2) is 18.5 Å². The molecule has 0 saturated carbocycles. The van der Waals surface area contributed by atoms with E-state index in [1.807, 2.05) is 79.7 Å². The molecule has 1 amide bonds. The highest BCUT2D eigenvalue weighted by Gasteiger charge is 2.13. The van der Waals surface area contributed by atoms with Gasteiger partial charge in [-0.05, 0) is 35.7 Å². The highest BCUT2D eigenvalue weighted by atomic mass is 16.5. The number of hydrogen-bond donors (Lipinski definition) is 1. The molecule has 0 heterocycles. The first-order valence-electron chi connectivity index (χ1n) is 8.80. The summed E-state index contributed by atoms with van der Waals surface area (Å²) >= 11 is 0. The Morgan fingerprint density at radius 2 is 1.37 bits per heavy atom. The first kappa shape index (κ1) is 18.4. The molecule has 0 saturated heterocycles. The topological polar surface area (TPSA) is 55.4 Å². The van der Waals surface area contributed by atoms with Crippen LogP contribution in [-0.2, 0) is 9.53 Å². The highest BCUT2D eigenvalue weighted by molar-refractivity contribution is 5.91. The molecular formula is C23H21NO3. The van der Waals surface area contributed by atoms with Gasteiger partial charge in [-0.15, -0.1) is 0 Å². The van der Waals surface area contributed by atoms with E-state index in [0.717, 1.165) is 16.7 Å². The fraction of sp³-hybridized carbons (Fsp3) is 0.130. The predicted molar refractivity (Wildman–Crippen MR) is 105 cm³/mol. The molecule has 0 aromatic heterocycles. The molecule has 27 heavy (non-hydrogen) atoms. The number of amides is 1. The molecule has 0 aliphatic carbocycles. The van der Waals surface area contributed by atoms with Crippen LogP contribution in [0.5, 0.6) is 0 Å². The van der Waals surface area contributed by atoms with Crippen molar-refractivity contribution in [3.8, 4) is 11.1 Å². The third-order valence-electron chi connectivity index (χ3n) is 4.24. The lowest BCUT2D eigenvalue weighted by atomic mass is 10.0. The lowest BCUT2D eigenvalue weighted by molar-refractivity contribution is -0.124. The first-order valence-corrected chi connectivity index (χ1v) is 8.80. The van der Waals surface area contributed by atoms with Crippen molar-refractivity contribution in [2.24, 2.45) is 0 Å². The molecule has 0 unspecified atom stereocenters. The van der Waals surface area contributed by atoms with Crippen molar-refractivity contribution in [3.63, 3.8) is 0 Å². The zero-order valence-corrected chi connectivity index (χ0v) is 15.1. The normalized spacial score (nSPS) is 11.4. The van der Waals surface area contributed by atoms with Crippen molar-refractivity contribution in [2.75, 3.05) is 6.61 Å². The Labute approximate surface area is 158 Å². The van der Waals surface area contributed by atoms with E-state index in [4.69, 9.17) is 4.74 Å². The lowest BCUT2D eigenvalue weighted by Gasteiger charge is -2.14. The number of hydrogen-bond acceptors (Lipinski definition) is 3. The maximum Gasteiger partial charge on any atom is 0.338 e. The SMILES string of the molecule is C[C@H](NC(=O)COC(=O)c1ccc(-c2ccccc2)cc1)c1ccccc1. The van der Waals surface area contributed by atoms with E-state index >= 15 is 0 Å². The van der Waals surface area contributed by atoms with E-state index in [2.05, 4.69) is 5.32 Å². The number of benzene rings is 3. The van der Waals surface area contributed by atoms with Crippen LogP contribution >= 0.6 is 0 Å². The van der Waals surface area contributed by atoms with Gasteiger partial charge in [0.25, 0.3) is 5.91 Å². The predicted octanol–water partition coefficient (Wildman–Crippen LogP) is 4.39. The Morgan fingerprint density at radius 1 is 0.815 bits per heavy atom. The van der Waals surface area contributed by atoms with E-state index in [9.17, 15) is 9.59 Å². The van der Waals surface area contributed by atoms with Crippen molar-refractivity contribution in [2.45, 2.75) is 13.0 Å². The molecule has 0 spiro atoms. The van der Waals surface area contributed by atoms with Gasteiger partial charge in [-0.2, -0.15) is 0 Å². The van der Waals surface area contributed by atoms with E-state index in [1.165, 1.54) is 0 Å². The molecule has 3 aromatic carbocycles. The summed E-state index contributed by atoms with van der Waals surface area (Å²) in [7, 11) is 0. The minimum absolute atomic E-state index is 0.150.